The highest BCUT2D eigenvalue weighted by Crippen LogP contribution is 2.28. The first-order valence-corrected chi connectivity index (χ1v) is 6.64. The second kappa shape index (κ2) is 6.75. The van der Waals surface area contributed by atoms with Gasteiger partial charge >= 0.3 is 6.09 Å². The second-order valence-electron chi connectivity index (χ2n) is 4.65. The maximum atomic E-state index is 11.8. The smallest absolute Gasteiger partial charge is 0.410 e. The Morgan fingerprint density at radius 1 is 1.33 bits per heavy atom. The lowest BCUT2D eigenvalue weighted by Gasteiger charge is -2.25. The molecule has 102 valence electrons. The maximum absolute atomic E-state index is 11.8. The molecule has 2 atom stereocenters. The zero-order chi connectivity index (χ0) is 12.8. The summed E-state index contributed by atoms with van der Waals surface area (Å²) in [6.07, 6.45) is 7.97. The molecule has 1 heterocycles. The summed E-state index contributed by atoms with van der Waals surface area (Å²) in [5.41, 5.74) is 0. The summed E-state index contributed by atoms with van der Waals surface area (Å²) in [7, 11) is 0. The fraction of sp³-hybridized carbons (Fsp3) is 0.769. The standard InChI is InChI=1S/C13H21NO4/c15-8-10-17-9-7-14-11-5-3-1-2-4-6-12(11)18-13(14)16/h1-2,11-12,15H,3-10H2/b2-1-. The fourth-order valence-electron chi connectivity index (χ4n) is 2.55. The van der Waals surface area contributed by atoms with Crippen molar-refractivity contribution >= 4 is 6.09 Å². The van der Waals surface area contributed by atoms with Crippen LogP contribution in [0.15, 0.2) is 12.2 Å². The van der Waals surface area contributed by atoms with Gasteiger partial charge in [-0.3, -0.25) is 4.90 Å². The van der Waals surface area contributed by atoms with Crippen LogP contribution in [0.5, 0.6) is 0 Å². The van der Waals surface area contributed by atoms with Crippen LogP contribution in [0, 0.1) is 0 Å². The lowest BCUT2D eigenvalue weighted by atomic mass is 9.98. The summed E-state index contributed by atoms with van der Waals surface area (Å²) in [6.45, 7) is 1.33. The van der Waals surface area contributed by atoms with E-state index in [4.69, 9.17) is 14.6 Å². The van der Waals surface area contributed by atoms with Crippen LogP contribution in [0.25, 0.3) is 0 Å². The van der Waals surface area contributed by atoms with Crippen molar-refractivity contribution in [3.63, 3.8) is 0 Å². The van der Waals surface area contributed by atoms with Gasteiger partial charge in [0, 0.05) is 6.54 Å². The van der Waals surface area contributed by atoms with Gasteiger partial charge in [-0.05, 0) is 25.7 Å². The number of hydrogen-bond donors (Lipinski definition) is 1. The van der Waals surface area contributed by atoms with Gasteiger partial charge in [0.05, 0.1) is 25.9 Å². The second-order valence-corrected chi connectivity index (χ2v) is 4.65. The molecule has 0 saturated carbocycles. The van der Waals surface area contributed by atoms with Gasteiger partial charge in [-0.2, -0.15) is 0 Å². The van der Waals surface area contributed by atoms with Gasteiger partial charge in [-0.25, -0.2) is 4.79 Å². The van der Waals surface area contributed by atoms with E-state index in [-0.39, 0.29) is 24.8 Å². The molecular weight excluding hydrogens is 234 g/mol. The van der Waals surface area contributed by atoms with E-state index in [2.05, 4.69) is 12.2 Å². The summed E-state index contributed by atoms with van der Waals surface area (Å²) in [6, 6.07) is 0.181. The zero-order valence-electron chi connectivity index (χ0n) is 10.6. The van der Waals surface area contributed by atoms with E-state index in [1.807, 2.05) is 0 Å². The van der Waals surface area contributed by atoms with Crippen molar-refractivity contribution in [2.45, 2.75) is 37.8 Å². The van der Waals surface area contributed by atoms with Crippen LogP contribution in [-0.2, 0) is 9.47 Å². The molecule has 0 aromatic carbocycles. The van der Waals surface area contributed by atoms with Crippen molar-refractivity contribution < 1.29 is 19.4 Å². The van der Waals surface area contributed by atoms with Gasteiger partial charge in [0.2, 0.25) is 0 Å². The average Bonchev–Trinajstić information content (AvgIpc) is 2.61. The first-order valence-electron chi connectivity index (χ1n) is 6.64. The van der Waals surface area contributed by atoms with Gasteiger partial charge in [-0.1, -0.05) is 12.2 Å². The molecule has 1 saturated heterocycles. The molecule has 1 fully saturated rings. The third kappa shape index (κ3) is 3.23. The molecule has 5 heteroatoms. The Kier molecular flexibility index (Phi) is 5.01. The number of carbonyl (C=O) groups is 1. The van der Waals surface area contributed by atoms with Crippen molar-refractivity contribution in [3.8, 4) is 0 Å². The highest BCUT2D eigenvalue weighted by Gasteiger charge is 2.40. The summed E-state index contributed by atoms with van der Waals surface area (Å²) in [5, 5.41) is 8.63. The third-order valence-electron chi connectivity index (χ3n) is 3.44. The van der Waals surface area contributed by atoms with Crippen molar-refractivity contribution in [2.24, 2.45) is 0 Å². The average molecular weight is 255 g/mol. The number of allylic oxidation sites excluding steroid dienone is 2. The van der Waals surface area contributed by atoms with Crippen molar-refractivity contribution in [1.29, 1.82) is 0 Å². The molecule has 0 aromatic rings. The molecule has 0 aromatic heterocycles. The normalized spacial score (nSPS) is 29.4. The largest absolute Gasteiger partial charge is 0.444 e. The van der Waals surface area contributed by atoms with Crippen LogP contribution in [0.2, 0.25) is 0 Å². The predicted octanol–water partition coefficient (Wildman–Crippen LogP) is 1.31. The molecule has 18 heavy (non-hydrogen) atoms. The number of rotatable bonds is 5. The first kappa shape index (κ1) is 13.4. The topological polar surface area (TPSA) is 59.0 Å². The molecule has 1 amide bonds. The number of ether oxygens (including phenoxy) is 2. The van der Waals surface area contributed by atoms with E-state index in [9.17, 15) is 4.79 Å². The molecule has 1 N–H and O–H groups in total. The lowest BCUT2D eigenvalue weighted by molar-refractivity contribution is 0.0747. The fourth-order valence-corrected chi connectivity index (χ4v) is 2.55. The molecule has 0 bridgehead atoms. The monoisotopic (exact) mass is 255 g/mol. The molecule has 0 spiro atoms. The van der Waals surface area contributed by atoms with Gasteiger partial charge in [0.15, 0.2) is 0 Å². The Bertz CT molecular complexity index is 305. The molecular formula is C13H21NO4. The summed E-state index contributed by atoms with van der Waals surface area (Å²) < 4.78 is 10.6. The number of nitrogens with zero attached hydrogens (tertiary/aromatic N) is 1. The maximum Gasteiger partial charge on any atom is 0.410 e. The van der Waals surface area contributed by atoms with Gasteiger partial charge in [0.25, 0.3) is 0 Å². The van der Waals surface area contributed by atoms with Crippen molar-refractivity contribution in [3.05, 3.63) is 12.2 Å². The van der Waals surface area contributed by atoms with Crippen LogP contribution in [0.3, 0.4) is 0 Å². The zero-order valence-corrected chi connectivity index (χ0v) is 10.6. The Balaban J connectivity index is 1.87. The Hall–Kier alpha value is -1.07. The number of aliphatic hydroxyl groups excluding tert-OH is 1. The number of amides is 1. The van der Waals surface area contributed by atoms with Gasteiger partial charge in [-0.15, -0.1) is 0 Å². The minimum absolute atomic E-state index is 0.0152. The lowest BCUT2D eigenvalue weighted by Crippen LogP contribution is -2.39. The van der Waals surface area contributed by atoms with E-state index in [0.29, 0.717) is 19.8 Å². The number of aliphatic hydroxyl groups is 1. The van der Waals surface area contributed by atoms with Crippen LogP contribution in [-0.4, -0.2) is 54.6 Å². The van der Waals surface area contributed by atoms with E-state index in [0.717, 1.165) is 25.7 Å². The third-order valence-corrected chi connectivity index (χ3v) is 3.44. The quantitative estimate of drug-likeness (QED) is 0.594. The Morgan fingerprint density at radius 2 is 2.11 bits per heavy atom. The highest BCUT2D eigenvalue weighted by atomic mass is 16.6. The highest BCUT2D eigenvalue weighted by molar-refractivity contribution is 5.70. The molecule has 0 radical (unpaired) electrons. The molecule has 2 unspecified atom stereocenters. The van der Waals surface area contributed by atoms with E-state index in [1.165, 1.54) is 0 Å². The van der Waals surface area contributed by atoms with Crippen LogP contribution >= 0.6 is 0 Å². The summed E-state index contributed by atoms with van der Waals surface area (Å²) >= 11 is 0. The summed E-state index contributed by atoms with van der Waals surface area (Å²) in [5.74, 6) is 0. The minimum Gasteiger partial charge on any atom is -0.444 e. The molecule has 2 aliphatic rings. The first-order chi connectivity index (χ1) is 8.83. The SMILES string of the molecule is O=C1OC2CC/C=C\CCC2N1CCOCCO. The predicted molar refractivity (Wildman–Crippen MR) is 66.3 cm³/mol. The van der Waals surface area contributed by atoms with Gasteiger partial charge in [0.1, 0.15) is 6.10 Å². The van der Waals surface area contributed by atoms with Gasteiger partial charge < -0.3 is 14.6 Å². The Morgan fingerprint density at radius 3 is 2.89 bits per heavy atom. The van der Waals surface area contributed by atoms with Crippen LogP contribution in [0.4, 0.5) is 4.79 Å². The van der Waals surface area contributed by atoms with Crippen LogP contribution in [0.1, 0.15) is 25.7 Å². The number of carbonyl (C=O) groups excluding carboxylic acids is 1. The van der Waals surface area contributed by atoms with Crippen LogP contribution < -0.4 is 0 Å². The number of hydrogen-bond acceptors (Lipinski definition) is 4. The summed E-state index contributed by atoms with van der Waals surface area (Å²) in [4.78, 5) is 13.6. The Labute approximate surface area is 107 Å². The van der Waals surface area contributed by atoms with E-state index < -0.39 is 0 Å². The van der Waals surface area contributed by atoms with E-state index >= 15 is 0 Å². The molecule has 2 rings (SSSR count). The molecule has 1 aliphatic carbocycles. The molecule has 1 aliphatic heterocycles. The minimum atomic E-state index is -0.223. The van der Waals surface area contributed by atoms with E-state index in [1.54, 1.807) is 4.90 Å². The van der Waals surface area contributed by atoms with Crippen molar-refractivity contribution in [2.75, 3.05) is 26.4 Å². The van der Waals surface area contributed by atoms with Crippen molar-refractivity contribution in [1.82, 2.24) is 4.90 Å². The molecule has 5 nitrogen and oxygen atoms in total. The number of fused-ring (bicyclic) bond motifs is 1.